The number of halogens is 1. The lowest BCUT2D eigenvalue weighted by Crippen LogP contribution is -3.00. The summed E-state index contributed by atoms with van der Waals surface area (Å²) in [6, 6.07) is 7.32. The van der Waals surface area contributed by atoms with E-state index in [1.807, 2.05) is 17.4 Å². The van der Waals surface area contributed by atoms with Crippen LogP contribution in [0.25, 0.3) is 0 Å². The topological polar surface area (TPSA) is 103 Å². The highest BCUT2D eigenvalue weighted by Gasteiger charge is 2.31. The molecule has 1 aliphatic rings. The van der Waals surface area contributed by atoms with Gasteiger partial charge in [0.25, 0.3) is 0 Å². The number of aliphatic hydroxyl groups excluding tert-OH is 1. The molecule has 128 valence electrons. The summed E-state index contributed by atoms with van der Waals surface area (Å²) < 4.78 is 0. The average molecular weight is 343 g/mol. The van der Waals surface area contributed by atoms with E-state index in [0.29, 0.717) is 6.54 Å². The molecule has 23 heavy (non-hydrogen) atoms. The number of imide groups is 1. The van der Waals surface area contributed by atoms with Crippen molar-refractivity contribution < 1.29 is 37.5 Å². The number of rotatable bonds is 6. The number of piperidine rings is 1. The molecule has 0 spiro atoms. The fraction of sp³-hybridized carbons (Fsp3) is 0.500. The number of quaternary nitrogens is 1. The van der Waals surface area contributed by atoms with Gasteiger partial charge in [-0.2, -0.15) is 0 Å². The van der Waals surface area contributed by atoms with E-state index in [1.165, 1.54) is 0 Å². The molecule has 0 aromatic heterocycles. The van der Waals surface area contributed by atoms with E-state index in [1.54, 1.807) is 12.1 Å². The number of nitrogens with one attached hydrogen (secondary N) is 1. The van der Waals surface area contributed by atoms with Gasteiger partial charge in [-0.1, -0.05) is 12.1 Å². The van der Waals surface area contributed by atoms with Crippen LogP contribution in [0.1, 0.15) is 25.3 Å². The van der Waals surface area contributed by atoms with Crippen LogP contribution in [0.2, 0.25) is 0 Å². The molecule has 2 unspecified atom stereocenters. The molecule has 2 atom stereocenters. The lowest BCUT2D eigenvalue weighted by atomic mass is 9.91. The highest BCUT2D eigenvalue weighted by atomic mass is 35.5. The maximum atomic E-state index is 11.3. The highest BCUT2D eigenvalue weighted by Crippen LogP contribution is 2.17. The van der Waals surface area contributed by atoms with Crippen molar-refractivity contribution in [1.29, 1.82) is 0 Å². The number of nitrogens with two attached hydrogens (primary N) is 1. The molecule has 1 heterocycles. The molecule has 2 amide bonds. The molecule has 6 nitrogen and oxygen atoms in total. The Balaban J connectivity index is 0.00000264. The van der Waals surface area contributed by atoms with Crippen LogP contribution in [0.4, 0.5) is 0 Å². The number of aliphatic hydroxyl groups is 1. The van der Waals surface area contributed by atoms with Crippen LogP contribution in [0.3, 0.4) is 0 Å². The largest absolute Gasteiger partial charge is 1.00 e. The molecule has 5 N–H and O–H groups in total. The molecule has 0 radical (unpaired) electrons. The zero-order valence-electron chi connectivity index (χ0n) is 13.0. The Labute approximate surface area is 141 Å². The van der Waals surface area contributed by atoms with Crippen LogP contribution in [0.5, 0.6) is 5.75 Å². The summed E-state index contributed by atoms with van der Waals surface area (Å²) in [6.45, 7) is 2.52. The third kappa shape index (κ3) is 6.17. The molecule has 1 saturated heterocycles. The SMILES string of the molecule is CC(Cc1ccc(O)cc1)[NH2+]CC(O)C1CC(=O)NC(=O)C1.[Cl-]. The number of benzene rings is 1. The zero-order chi connectivity index (χ0) is 16.1. The smallest absolute Gasteiger partial charge is 0.226 e. The van der Waals surface area contributed by atoms with Crippen molar-refractivity contribution in [3.8, 4) is 5.75 Å². The second-order valence-corrected chi connectivity index (χ2v) is 6.03. The van der Waals surface area contributed by atoms with Gasteiger partial charge in [-0.15, -0.1) is 0 Å². The standard InChI is InChI=1S/C16H22N2O4.ClH/c1-10(6-11-2-4-13(19)5-3-11)17-9-14(20)12-7-15(21)18-16(22)8-12;/h2-5,10,12,14,17,19-20H,6-9H2,1H3,(H,18,21,22);1H. The number of hydrogen-bond acceptors (Lipinski definition) is 4. The van der Waals surface area contributed by atoms with Gasteiger partial charge < -0.3 is 27.9 Å². The Morgan fingerprint density at radius 2 is 1.78 bits per heavy atom. The normalized spacial score (nSPS) is 18.0. The Hall–Kier alpha value is -1.63. The first kappa shape index (κ1) is 19.4. The molecule has 7 heteroatoms. The van der Waals surface area contributed by atoms with E-state index in [9.17, 15) is 19.8 Å². The van der Waals surface area contributed by atoms with Crippen molar-refractivity contribution in [2.75, 3.05) is 6.54 Å². The first-order valence-corrected chi connectivity index (χ1v) is 7.56. The first-order valence-electron chi connectivity index (χ1n) is 7.56. The van der Waals surface area contributed by atoms with Gasteiger partial charge in [-0.05, 0) is 24.6 Å². The van der Waals surface area contributed by atoms with Gasteiger partial charge >= 0.3 is 0 Å². The summed E-state index contributed by atoms with van der Waals surface area (Å²) in [5.74, 6) is -0.663. The summed E-state index contributed by atoms with van der Waals surface area (Å²) in [4.78, 5) is 22.6. The maximum Gasteiger partial charge on any atom is 0.226 e. The summed E-state index contributed by atoms with van der Waals surface area (Å²) >= 11 is 0. The molecule has 0 aliphatic carbocycles. The summed E-state index contributed by atoms with van der Waals surface area (Å²) in [6.07, 6.45) is 0.550. The van der Waals surface area contributed by atoms with E-state index in [-0.39, 0.29) is 54.8 Å². The predicted octanol–water partition coefficient (Wildman–Crippen LogP) is -3.70. The Kier molecular flexibility index (Phi) is 7.48. The lowest BCUT2D eigenvalue weighted by Gasteiger charge is -2.25. The van der Waals surface area contributed by atoms with E-state index in [4.69, 9.17) is 0 Å². The van der Waals surface area contributed by atoms with Crippen LogP contribution in [-0.4, -0.2) is 40.7 Å². The van der Waals surface area contributed by atoms with Crippen LogP contribution in [0, 0.1) is 5.92 Å². The van der Waals surface area contributed by atoms with E-state index < -0.39 is 6.10 Å². The number of phenols is 1. The number of amides is 2. The van der Waals surface area contributed by atoms with Crippen molar-refractivity contribution in [1.82, 2.24) is 5.32 Å². The number of phenolic OH excluding ortho intramolecular Hbond substituents is 1. The number of carbonyl (C=O) groups excluding carboxylic acids is 2. The monoisotopic (exact) mass is 342 g/mol. The summed E-state index contributed by atoms with van der Waals surface area (Å²) in [7, 11) is 0. The van der Waals surface area contributed by atoms with Crippen LogP contribution in [0.15, 0.2) is 24.3 Å². The number of aromatic hydroxyl groups is 1. The molecule has 1 aliphatic heterocycles. The molecule has 1 aromatic rings. The van der Waals surface area contributed by atoms with Crippen LogP contribution in [-0.2, 0) is 16.0 Å². The third-order valence-corrected chi connectivity index (χ3v) is 3.99. The third-order valence-electron chi connectivity index (χ3n) is 3.99. The first-order chi connectivity index (χ1) is 10.4. The van der Waals surface area contributed by atoms with Gasteiger partial charge in [-0.3, -0.25) is 14.9 Å². The van der Waals surface area contributed by atoms with Gasteiger partial charge in [0.2, 0.25) is 11.8 Å². The highest BCUT2D eigenvalue weighted by molar-refractivity contribution is 5.97. The van der Waals surface area contributed by atoms with Crippen LogP contribution < -0.4 is 23.0 Å². The fourth-order valence-corrected chi connectivity index (χ4v) is 2.73. The average Bonchev–Trinajstić information content (AvgIpc) is 2.46. The molecule has 0 saturated carbocycles. The minimum absolute atomic E-state index is 0. The van der Waals surface area contributed by atoms with Gasteiger partial charge in [0.1, 0.15) is 18.4 Å². The van der Waals surface area contributed by atoms with Gasteiger partial charge in [0, 0.05) is 25.2 Å². The molecule has 0 bridgehead atoms. The molecule has 1 fully saturated rings. The fourth-order valence-electron chi connectivity index (χ4n) is 2.73. The van der Waals surface area contributed by atoms with Gasteiger partial charge in [0.15, 0.2) is 0 Å². The minimum Gasteiger partial charge on any atom is -1.00 e. The van der Waals surface area contributed by atoms with Gasteiger partial charge in [0.05, 0.1) is 6.04 Å². The van der Waals surface area contributed by atoms with E-state index in [0.717, 1.165) is 12.0 Å². The molecular formula is C16H23ClN2O4. The van der Waals surface area contributed by atoms with Gasteiger partial charge in [-0.25, -0.2) is 0 Å². The van der Waals surface area contributed by atoms with E-state index in [2.05, 4.69) is 12.2 Å². The van der Waals surface area contributed by atoms with Crippen LogP contribution >= 0.6 is 0 Å². The second-order valence-electron chi connectivity index (χ2n) is 6.03. The minimum atomic E-state index is -0.669. The maximum absolute atomic E-state index is 11.3. The van der Waals surface area contributed by atoms with Crippen molar-refractivity contribution in [3.63, 3.8) is 0 Å². The lowest BCUT2D eigenvalue weighted by molar-refractivity contribution is -0.692. The molecule has 2 rings (SSSR count). The number of hydrogen-bond donors (Lipinski definition) is 4. The Bertz CT molecular complexity index is 519. The zero-order valence-corrected chi connectivity index (χ0v) is 13.8. The molecular weight excluding hydrogens is 320 g/mol. The van der Waals surface area contributed by atoms with Crippen molar-refractivity contribution in [2.24, 2.45) is 5.92 Å². The van der Waals surface area contributed by atoms with Crippen molar-refractivity contribution >= 4 is 11.8 Å². The Morgan fingerprint density at radius 1 is 1.22 bits per heavy atom. The van der Waals surface area contributed by atoms with Crippen molar-refractivity contribution in [2.45, 2.75) is 38.3 Å². The quantitative estimate of drug-likeness (QED) is 0.400. The summed E-state index contributed by atoms with van der Waals surface area (Å²) in [5.41, 5.74) is 1.11. The summed E-state index contributed by atoms with van der Waals surface area (Å²) in [5, 5.41) is 23.7. The predicted molar refractivity (Wildman–Crippen MR) is 79.9 cm³/mol. The number of carbonyl (C=O) groups is 2. The Morgan fingerprint density at radius 3 is 2.35 bits per heavy atom. The second kappa shape index (κ2) is 8.86. The molecule has 1 aromatic carbocycles. The van der Waals surface area contributed by atoms with E-state index >= 15 is 0 Å². The van der Waals surface area contributed by atoms with Crippen molar-refractivity contribution in [3.05, 3.63) is 29.8 Å².